The Morgan fingerprint density at radius 3 is 2.90 bits per heavy atom. The first-order chi connectivity index (χ1) is 9.52. The largest absolute Gasteiger partial charge is 0.389 e. The van der Waals surface area contributed by atoms with E-state index in [1.807, 2.05) is 6.92 Å². The number of carbonyl (C=O) groups is 1. The molecule has 20 heavy (non-hydrogen) atoms. The lowest BCUT2D eigenvalue weighted by Gasteiger charge is -2.08. The van der Waals surface area contributed by atoms with Crippen LogP contribution in [0.15, 0.2) is 18.2 Å². The van der Waals surface area contributed by atoms with E-state index in [1.165, 1.54) is 0 Å². The van der Waals surface area contributed by atoms with Gasteiger partial charge in [0, 0.05) is 5.56 Å². The number of aryl methyl sites for hydroxylation is 1. The summed E-state index contributed by atoms with van der Waals surface area (Å²) in [4.78, 5) is 12.9. The summed E-state index contributed by atoms with van der Waals surface area (Å²) in [5.74, 6) is -0.276. The Labute approximate surface area is 130 Å². The van der Waals surface area contributed by atoms with E-state index in [1.54, 1.807) is 18.2 Å². The van der Waals surface area contributed by atoms with Gasteiger partial charge in [-0.15, -0.1) is 5.10 Å². The zero-order chi connectivity index (χ0) is 14.7. The molecule has 8 heteroatoms. The van der Waals surface area contributed by atoms with Crippen molar-refractivity contribution in [2.75, 3.05) is 5.32 Å². The Bertz CT molecular complexity index is 671. The van der Waals surface area contributed by atoms with E-state index < -0.39 is 0 Å². The van der Waals surface area contributed by atoms with Gasteiger partial charge in [-0.05, 0) is 36.2 Å². The van der Waals surface area contributed by atoms with Gasteiger partial charge < -0.3 is 11.1 Å². The molecule has 3 N–H and O–H groups in total. The van der Waals surface area contributed by atoms with Crippen LogP contribution in [0.25, 0.3) is 0 Å². The second kappa shape index (κ2) is 6.25. The van der Waals surface area contributed by atoms with Crippen molar-refractivity contribution in [3.63, 3.8) is 0 Å². The average molecular weight is 327 g/mol. The molecule has 5 nitrogen and oxygen atoms in total. The molecule has 1 aromatic heterocycles. The van der Waals surface area contributed by atoms with E-state index in [4.69, 9.17) is 29.6 Å². The van der Waals surface area contributed by atoms with Gasteiger partial charge in [-0.25, -0.2) is 0 Å². The van der Waals surface area contributed by atoms with Crippen LogP contribution in [-0.2, 0) is 6.42 Å². The number of nitrogens with one attached hydrogen (secondary N) is 1. The van der Waals surface area contributed by atoms with Crippen LogP contribution in [0, 0.1) is 0 Å². The van der Waals surface area contributed by atoms with Crippen molar-refractivity contribution in [3.8, 4) is 0 Å². The van der Waals surface area contributed by atoms with Crippen LogP contribution in [0.5, 0.6) is 0 Å². The summed E-state index contributed by atoms with van der Waals surface area (Å²) in [6, 6.07) is 4.98. The number of nitrogens with two attached hydrogens (primary N) is 1. The SMILES string of the molecule is CCc1nnsc1C(=O)Nc1ccc(C(N)=S)cc1Cl. The van der Waals surface area contributed by atoms with E-state index in [9.17, 15) is 4.79 Å². The average Bonchev–Trinajstić information content (AvgIpc) is 2.89. The second-order valence-electron chi connectivity index (χ2n) is 3.92. The van der Waals surface area contributed by atoms with Gasteiger partial charge >= 0.3 is 0 Å². The van der Waals surface area contributed by atoms with E-state index in [-0.39, 0.29) is 10.9 Å². The highest BCUT2D eigenvalue weighted by molar-refractivity contribution is 7.80. The van der Waals surface area contributed by atoms with Gasteiger partial charge in [-0.3, -0.25) is 4.79 Å². The van der Waals surface area contributed by atoms with Crippen molar-refractivity contribution in [2.24, 2.45) is 5.73 Å². The molecule has 0 saturated carbocycles. The molecular formula is C12H11ClN4OS2. The van der Waals surface area contributed by atoms with Gasteiger partial charge in [0.05, 0.1) is 16.4 Å². The molecule has 0 radical (unpaired) electrons. The maximum Gasteiger partial charge on any atom is 0.269 e. The van der Waals surface area contributed by atoms with Crippen molar-refractivity contribution < 1.29 is 4.79 Å². The van der Waals surface area contributed by atoms with Crippen LogP contribution in [0.1, 0.15) is 27.9 Å². The number of carbonyl (C=O) groups excluding carboxylic acids is 1. The quantitative estimate of drug-likeness (QED) is 0.844. The van der Waals surface area contributed by atoms with Gasteiger partial charge in [0.25, 0.3) is 5.91 Å². The highest BCUT2D eigenvalue weighted by Crippen LogP contribution is 2.24. The fourth-order valence-corrected chi connectivity index (χ4v) is 2.56. The van der Waals surface area contributed by atoms with Crippen LogP contribution in [0.4, 0.5) is 5.69 Å². The fraction of sp³-hybridized carbons (Fsp3) is 0.167. The van der Waals surface area contributed by atoms with Crippen molar-refractivity contribution in [2.45, 2.75) is 13.3 Å². The Balaban J connectivity index is 2.22. The van der Waals surface area contributed by atoms with Crippen molar-refractivity contribution in [1.82, 2.24) is 9.59 Å². The first kappa shape index (κ1) is 14.8. The number of anilines is 1. The van der Waals surface area contributed by atoms with Crippen molar-refractivity contribution >= 4 is 51.9 Å². The molecule has 0 spiro atoms. The Hall–Kier alpha value is -1.57. The van der Waals surface area contributed by atoms with Crippen LogP contribution in [-0.4, -0.2) is 20.5 Å². The molecule has 0 aliphatic rings. The Morgan fingerprint density at radius 1 is 1.55 bits per heavy atom. The molecule has 0 aliphatic carbocycles. The molecule has 0 atom stereocenters. The fourth-order valence-electron chi connectivity index (χ4n) is 1.56. The van der Waals surface area contributed by atoms with Gasteiger partial charge in [-0.1, -0.05) is 35.2 Å². The number of benzene rings is 1. The molecule has 2 rings (SSSR count). The number of halogens is 1. The van der Waals surface area contributed by atoms with Gasteiger partial charge in [0.15, 0.2) is 0 Å². The number of hydrogen-bond acceptors (Lipinski definition) is 5. The maximum atomic E-state index is 12.1. The highest BCUT2D eigenvalue weighted by atomic mass is 35.5. The standard InChI is InChI=1S/C12H11ClN4OS2/c1-2-8-10(20-17-16-8)12(18)15-9-4-3-6(11(14)19)5-7(9)13/h3-5H,2H2,1H3,(H2,14,19)(H,15,18). The molecule has 0 aliphatic heterocycles. The predicted molar refractivity (Wildman–Crippen MR) is 84.6 cm³/mol. The van der Waals surface area contributed by atoms with Crippen LogP contribution in [0.2, 0.25) is 5.02 Å². The summed E-state index contributed by atoms with van der Waals surface area (Å²) in [6.07, 6.45) is 0.646. The minimum absolute atomic E-state index is 0.254. The van der Waals surface area contributed by atoms with E-state index in [2.05, 4.69) is 14.9 Å². The zero-order valence-corrected chi connectivity index (χ0v) is 12.9. The number of nitrogens with zero attached hydrogens (tertiary/aromatic N) is 2. The normalized spacial score (nSPS) is 10.3. The first-order valence-corrected chi connectivity index (χ1v) is 7.30. The lowest BCUT2D eigenvalue weighted by atomic mass is 10.2. The van der Waals surface area contributed by atoms with Crippen molar-refractivity contribution in [3.05, 3.63) is 39.4 Å². The van der Waals surface area contributed by atoms with E-state index in [0.29, 0.717) is 33.3 Å². The zero-order valence-electron chi connectivity index (χ0n) is 10.5. The third kappa shape index (κ3) is 3.12. The summed E-state index contributed by atoms with van der Waals surface area (Å²) >= 11 is 12.0. The smallest absolute Gasteiger partial charge is 0.269 e. The van der Waals surface area contributed by atoms with Crippen LogP contribution >= 0.6 is 35.4 Å². The summed E-state index contributed by atoms with van der Waals surface area (Å²) in [6.45, 7) is 1.91. The Kier molecular flexibility index (Phi) is 4.64. The van der Waals surface area contributed by atoms with Gasteiger partial charge in [0.2, 0.25) is 0 Å². The van der Waals surface area contributed by atoms with Crippen molar-refractivity contribution in [1.29, 1.82) is 0 Å². The van der Waals surface area contributed by atoms with Gasteiger partial charge in [0.1, 0.15) is 9.87 Å². The lowest BCUT2D eigenvalue weighted by Crippen LogP contribution is -2.14. The molecule has 1 amide bonds. The molecule has 0 unspecified atom stereocenters. The molecule has 1 aromatic carbocycles. The monoisotopic (exact) mass is 326 g/mol. The minimum atomic E-state index is -0.276. The number of aromatic nitrogens is 2. The summed E-state index contributed by atoms with van der Waals surface area (Å²) in [5, 5.41) is 7.00. The molecule has 2 aromatic rings. The third-order valence-corrected chi connectivity index (χ3v) is 3.91. The summed E-state index contributed by atoms with van der Waals surface area (Å²) in [7, 11) is 0. The predicted octanol–water partition coefficient (Wildman–Crippen LogP) is 2.64. The van der Waals surface area contributed by atoms with Crippen LogP contribution in [0.3, 0.4) is 0 Å². The molecule has 0 saturated heterocycles. The lowest BCUT2D eigenvalue weighted by molar-refractivity contribution is 0.102. The number of amides is 1. The van der Waals surface area contributed by atoms with E-state index in [0.717, 1.165) is 11.5 Å². The second-order valence-corrected chi connectivity index (χ2v) is 5.52. The summed E-state index contributed by atoms with van der Waals surface area (Å²) in [5.41, 5.74) is 7.33. The summed E-state index contributed by atoms with van der Waals surface area (Å²) < 4.78 is 3.78. The number of thiocarbonyl (C=S) groups is 1. The molecule has 0 fully saturated rings. The topological polar surface area (TPSA) is 80.9 Å². The molecule has 1 heterocycles. The van der Waals surface area contributed by atoms with E-state index >= 15 is 0 Å². The highest BCUT2D eigenvalue weighted by Gasteiger charge is 2.16. The molecule has 0 bridgehead atoms. The number of hydrogen-bond donors (Lipinski definition) is 2. The first-order valence-electron chi connectivity index (χ1n) is 5.74. The Morgan fingerprint density at radius 2 is 2.30 bits per heavy atom. The number of rotatable bonds is 4. The maximum absolute atomic E-state index is 12.1. The molecule has 104 valence electrons. The third-order valence-electron chi connectivity index (χ3n) is 2.60. The van der Waals surface area contributed by atoms with Crippen LogP contribution < -0.4 is 11.1 Å². The minimum Gasteiger partial charge on any atom is -0.389 e. The van der Waals surface area contributed by atoms with Gasteiger partial charge in [-0.2, -0.15) is 0 Å². The molecular weight excluding hydrogens is 316 g/mol.